The van der Waals surface area contributed by atoms with Crippen LogP contribution in [0, 0.1) is 12.8 Å². The number of carbonyl (C=O) groups excluding carboxylic acids is 1. The molecule has 1 aliphatic carbocycles. The van der Waals surface area contributed by atoms with Crippen molar-refractivity contribution in [2.75, 3.05) is 5.75 Å². The highest BCUT2D eigenvalue weighted by Crippen LogP contribution is 2.46. The fraction of sp³-hybridized carbons (Fsp3) is 0.538. The van der Waals surface area contributed by atoms with Crippen molar-refractivity contribution in [1.29, 1.82) is 0 Å². The Kier molecular flexibility index (Phi) is 3.05. The summed E-state index contributed by atoms with van der Waals surface area (Å²) in [6.07, 6.45) is 3.61. The molecular formula is C13H15NO4S. The van der Waals surface area contributed by atoms with Gasteiger partial charge in [0.1, 0.15) is 6.04 Å². The molecule has 0 bridgehead atoms. The third-order valence-corrected chi connectivity index (χ3v) is 5.10. The highest BCUT2D eigenvalue weighted by molar-refractivity contribution is 8.00. The van der Waals surface area contributed by atoms with Crippen LogP contribution in [0.25, 0.3) is 0 Å². The lowest BCUT2D eigenvalue weighted by Crippen LogP contribution is -2.46. The average molecular weight is 281 g/mol. The van der Waals surface area contributed by atoms with Crippen LogP contribution in [0.15, 0.2) is 16.7 Å². The summed E-state index contributed by atoms with van der Waals surface area (Å²) in [4.78, 5) is 25.4. The highest BCUT2D eigenvalue weighted by atomic mass is 32.2. The molecule has 1 aliphatic heterocycles. The Hall–Kier alpha value is -1.43. The van der Waals surface area contributed by atoms with Crippen molar-refractivity contribution in [2.45, 2.75) is 31.2 Å². The largest absolute Gasteiger partial charge is 0.480 e. The lowest BCUT2D eigenvalue weighted by Gasteiger charge is -2.26. The highest BCUT2D eigenvalue weighted by Gasteiger charge is 2.48. The molecule has 1 saturated heterocycles. The summed E-state index contributed by atoms with van der Waals surface area (Å²) in [6, 6.07) is 0.978. The standard InChI is InChI=1S/C13H15NO4S/c1-7-4-5-18-10(7)11(15)14-9(13(16)17)6-19-12(14)8-2-3-8/h4-5,8-9,12H,2-3,6H2,1H3,(H,16,17). The predicted octanol–water partition coefficient (Wildman–Crippen LogP) is 1.97. The number of hydrogen-bond donors (Lipinski definition) is 1. The van der Waals surface area contributed by atoms with Gasteiger partial charge in [-0.3, -0.25) is 4.79 Å². The van der Waals surface area contributed by atoms with E-state index in [0.29, 0.717) is 11.7 Å². The molecule has 2 aliphatic rings. The number of carbonyl (C=O) groups is 2. The molecule has 0 aromatic carbocycles. The van der Waals surface area contributed by atoms with E-state index in [2.05, 4.69) is 0 Å². The monoisotopic (exact) mass is 281 g/mol. The maximum absolute atomic E-state index is 12.5. The lowest BCUT2D eigenvalue weighted by molar-refractivity contribution is -0.141. The van der Waals surface area contributed by atoms with Gasteiger partial charge in [0.15, 0.2) is 5.76 Å². The van der Waals surface area contributed by atoms with Crippen LogP contribution in [-0.4, -0.2) is 39.1 Å². The van der Waals surface area contributed by atoms with E-state index in [0.717, 1.165) is 18.4 Å². The van der Waals surface area contributed by atoms with Gasteiger partial charge in [0.25, 0.3) is 5.91 Å². The third kappa shape index (κ3) is 2.14. The minimum Gasteiger partial charge on any atom is -0.480 e. The molecular weight excluding hydrogens is 266 g/mol. The molecule has 102 valence electrons. The molecule has 1 amide bonds. The quantitative estimate of drug-likeness (QED) is 0.917. The SMILES string of the molecule is Cc1ccoc1C(=O)N1C(C(=O)O)CSC1C1CC1. The Bertz CT molecular complexity index is 522. The fourth-order valence-corrected chi connectivity index (χ4v) is 4.06. The first-order valence-electron chi connectivity index (χ1n) is 6.30. The number of nitrogens with zero attached hydrogens (tertiary/aromatic N) is 1. The molecule has 5 nitrogen and oxygen atoms in total. The zero-order chi connectivity index (χ0) is 13.6. The maximum atomic E-state index is 12.5. The number of carboxylic acids is 1. The number of furan rings is 1. The number of rotatable bonds is 3. The smallest absolute Gasteiger partial charge is 0.327 e. The molecule has 1 aromatic rings. The molecule has 0 radical (unpaired) electrons. The van der Waals surface area contributed by atoms with E-state index in [9.17, 15) is 14.7 Å². The molecule has 19 heavy (non-hydrogen) atoms. The van der Waals surface area contributed by atoms with Crippen molar-refractivity contribution < 1.29 is 19.1 Å². The van der Waals surface area contributed by atoms with E-state index in [1.807, 2.05) is 0 Å². The molecule has 1 N–H and O–H groups in total. The fourth-order valence-electron chi connectivity index (χ4n) is 2.43. The summed E-state index contributed by atoms with van der Waals surface area (Å²) in [5, 5.41) is 9.27. The first kappa shape index (κ1) is 12.6. The molecule has 2 fully saturated rings. The van der Waals surface area contributed by atoms with E-state index in [1.54, 1.807) is 24.8 Å². The van der Waals surface area contributed by atoms with E-state index in [4.69, 9.17) is 4.42 Å². The van der Waals surface area contributed by atoms with Crippen LogP contribution in [0.1, 0.15) is 29.0 Å². The Morgan fingerprint density at radius 2 is 2.21 bits per heavy atom. The van der Waals surface area contributed by atoms with Crippen LogP contribution in [0.2, 0.25) is 0 Å². The predicted molar refractivity (Wildman–Crippen MR) is 70.0 cm³/mol. The lowest BCUT2D eigenvalue weighted by atomic mass is 10.2. The number of carboxylic acid groups (broad SMARTS) is 1. The molecule has 1 aromatic heterocycles. The van der Waals surface area contributed by atoms with Crippen molar-refractivity contribution >= 4 is 23.6 Å². The zero-order valence-electron chi connectivity index (χ0n) is 10.5. The second kappa shape index (κ2) is 4.59. The maximum Gasteiger partial charge on any atom is 0.327 e. The molecule has 1 saturated carbocycles. The van der Waals surface area contributed by atoms with Crippen molar-refractivity contribution in [3.05, 3.63) is 23.7 Å². The molecule has 2 heterocycles. The van der Waals surface area contributed by atoms with Gasteiger partial charge in [-0.1, -0.05) is 0 Å². The summed E-state index contributed by atoms with van der Waals surface area (Å²) in [7, 11) is 0. The number of thioether (sulfide) groups is 1. The van der Waals surface area contributed by atoms with Gasteiger partial charge >= 0.3 is 5.97 Å². The van der Waals surface area contributed by atoms with Gasteiger partial charge in [0, 0.05) is 11.3 Å². The summed E-state index contributed by atoms with van der Waals surface area (Å²) in [6.45, 7) is 1.79. The van der Waals surface area contributed by atoms with Crippen LogP contribution < -0.4 is 0 Å². The van der Waals surface area contributed by atoms with Crippen LogP contribution in [0.3, 0.4) is 0 Å². The number of hydrogen-bond acceptors (Lipinski definition) is 4. The van der Waals surface area contributed by atoms with Gasteiger partial charge in [-0.2, -0.15) is 0 Å². The topological polar surface area (TPSA) is 70.8 Å². The molecule has 2 atom stereocenters. The number of aryl methyl sites for hydroxylation is 1. The van der Waals surface area contributed by atoms with Gasteiger partial charge in [-0.25, -0.2) is 4.79 Å². The van der Waals surface area contributed by atoms with Gasteiger partial charge < -0.3 is 14.4 Å². The molecule has 2 unspecified atom stereocenters. The van der Waals surface area contributed by atoms with Crippen LogP contribution in [0.5, 0.6) is 0 Å². The first-order valence-corrected chi connectivity index (χ1v) is 7.35. The van der Waals surface area contributed by atoms with Crippen molar-refractivity contribution in [3.63, 3.8) is 0 Å². The molecule has 6 heteroatoms. The van der Waals surface area contributed by atoms with Crippen molar-refractivity contribution in [3.8, 4) is 0 Å². The van der Waals surface area contributed by atoms with E-state index in [-0.39, 0.29) is 17.0 Å². The van der Waals surface area contributed by atoms with Crippen LogP contribution in [-0.2, 0) is 4.79 Å². The summed E-state index contributed by atoms with van der Waals surface area (Å²) < 4.78 is 5.22. The Morgan fingerprint density at radius 3 is 2.74 bits per heavy atom. The zero-order valence-corrected chi connectivity index (χ0v) is 11.4. The number of amides is 1. The Morgan fingerprint density at radius 1 is 1.47 bits per heavy atom. The first-order chi connectivity index (χ1) is 9.09. The second-order valence-electron chi connectivity index (χ2n) is 5.06. The molecule has 3 rings (SSSR count). The number of aliphatic carboxylic acids is 1. The normalized spacial score (nSPS) is 26.7. The van der Waals surface area contributed by atoms with Gasteiger partial charge in [0.05, 0.1) is 11.6 Å². The Balaban J connectivity index is 1.91. The summed E-state index contributed by atoms with van der Waals surface area (Å²) in [5.41, 5.74) is 0.751. The summed E-state index contributed by atoms with van der Waals surface area (Å²) >= 11 is 1.57. The second-order valence-corrected chi connectivity index (χ2v) is 6.21. The van der Waals surface area contributed by atoms with E-state index < -0.39 is 12.0 Å². The molecule has 0 spiro atoms. The van der Waals surface area contributed by atoms with Gasteiger partial charge in [-0.15, -0.1) is 11.8 Å². The minimum absolute atomic E-state index is 0.0156. The van der Waals surface area contributed by atoms with E-state index in [1.165, 1.54) is 11.2 Å². The van der Waals surface area contributed by atoms with Crippen LogP contribution >= 0.6 is 11.8 Å². The van der Waals surface area contributed by atoms with Crippen LogP contribution in [0.4, 0.5) is 0 Å². The Labute approximate surface area is 114 Å². The van der Waals surface area contributed by atoms with Crippen molar-refractivity contribution in [2.24, 2.45) is 5.92 Å². The van der Waals surface area contributed by atoms with Gasteiger partial charge in [-0.05, 0) is 31.7 Å². The summed E-state index contributed by atoms with van der Waals surface area (Å²) in [5.74, 6) is -0.0693. The van der Waals surface area contributed by atoms with E-state index >= 15 is 0 Å². The average Bonchev–Trinajstić information content (AvgIpc) is 2.97. The van der Waals surface area contributed by atoms with Gasteiger partial charge in [0.2, 0.25) is 0 Å². The minimum atomic E-state index is -0.937. The van der Waals surface area contributed by atoms with Crippen molar-refractivity contribution in [1.82, 2.24) is 4.90 Å². The third-order valence-electron chi connectivity index (χ3n) is 3.64.